The molecule has 1 rings (SSSR count). The van der Waals surface area contributed by atoms with Crippen LogP contribution in [0.2, 0.25) is 0 Å². The molecule has 0 aliphatic carbocycles. The van der Waals surface area contributed by atoms with Crippen molar-refractivity contribution in [1.82, 2.24) is 0 Å². The highest BCUT2D eigenvalue weighted by atomic mass is 14.6. The molecule has 1 aromatic rings. The van der Waals surface area contributed by atoms with Crippen LogP contribution < -0.4 is 5.73 Å². The fourth-order valence-corrected chi connectivity index (χ4v) is 1.81. The first kappa shape index (κ1) is 12.3. The van der Waals surface area contributed by atoms with E-state index in [1.165, 1.54) is 17.5 Å². The van der Waals surface area contributed by atoms with Crippen molar-refractivity contribution in [2.45, 2.75) is 52.0 Å². The van der Waals surface area contributed by atoms with Gasteiger partial charge >= 0.3 is 0 Å². The highest BCUT2D eigenvalue weighted by molar-refractivity contribution is 5.25. The first-order chi connectivity index (χ1) is 7.13. The third-order valence-corrected chi connectivity index (χ3v) is 2.80. The molecule has 84 valence electrons. The Labute approximate surface area is 93.7 Å². The lowest BCUT2D eigenvalue weighted by atomic mass is 9.98. The van der Waals surface area contributed by atoms with Gasteiger partial charge in [0.25, 0.3) is 0 Å². The van der Waals surface area contributed by atoms with E-state index in [0.717, 1.165) is 12.8 Å². The van der Waals surface area contributed by atoms with E-state index < -0.39 is 0 Å². The molecule has 0 aromatic heterocycles. The predicted molar refractivity (Wildman–Crippen MR) is 67.1 cm³/mol. The molecule has 0 aliphatic rings. The Hall–Kier alpha value is -0.820. The Morgan fingerprint density at radius 3 is 2.20 bits per heavy atom. The van der Waals surface area contributed by atoms with Crippen LogP contribution in [0, 0.1) is 0 Å². The van der Waals surface area contributed by atoms with Gasteiger partial charge in [-0.1, -0.05) is 51.5 Å². The third-order valence-electron chi connectivity index (χ3n) is 2.80. The first-order valence-corrected chi connectivity index (χ1v) is 5.98. The molecular weight excluding hydrogens is 182 g/mol. The van der Waals surface area contributed by atoms with Gasteiger partial charge in [-0.25, -0.2) is 0 Å². The quantitative estimate of drug-likeness (QED) is 0.782. The summed E-state index contributed by atoms with van der Waals surface area (Å²) in [6.07, 6.45) is 3.30. The second-order valence-electron chi connectivity index (χ2n) is 4.65. The normalized spacial score (nSPS) is 13.1. The standard InChI is InChI=1S/C14H23N/c1-4-5-14(15)10-12-6-8-13(9-7-12)11(2)3/h6-9,11,14H,4-5,10,15H2,1-3H3. The molecule has 1 nitrogen and oxygen atoms in total. The summed E-state index contributed by atoms with van der Waals surface area (Å²) in [5.74, 6) is 0.614. The maximum absolute atomic E-state index is 6.01. The molecule has 15 heavy (non-hydrogen) atoms. The Balaban J connectivity index is 2.56. The average Bonchev–Trinajstić information content (AvgIpc) is 2.18. The summed E-state index contributed by atoms with van der Waals surface area (Å²) in [5, 5.41) is 0. The molecule has 1 heteroatoms. The van der Waals surface area contributed by atoms with E-state index in [0.29, 0.717) is 12.0 Å². The molecule has 0 radical (unpaired) electrons. The van der Waals surface area contributed by atoms with Crippen molar-refractivity contribution in [1.29, 1.82) is 0 Å². The van der Waals surface area contributed by atoms with Crippen LogP contribution in [0.1, 0.15) is 50.7 Å². The van der Waals surface area contributed by atoms with Gasteiger partial charge in [-0.15, -0.1) is 0 Å². The molecule has 0 aliphatic heterocycles. The van der Waals surface area contributed by atoms with E-state index in [1.54, 1.807) is 0 Å². The molecular formula is C14H23N. The van der Waals surface area contributed by atoms with Gasteiger partial charge in [0.15, 0.2) is 0 Å². The van der Waals surface area contributed by atoms with Crippen molar-refractivity contribution < 1.29 is 0 Å². The van der Waals surface area contributed by atoms with Crippen LogP contribution in [0.3, 0.4) is 0 Å². The molecule has 0 spiro atoms. The van der Waals surface area contributed by atoms with Crippen molar-refractivity contribution >= 4 is 0 Å². The van der Waals surface area contributed by atoms with Crippen molar-refractivity contribution in [2.75, 3.05) is 0 Å². The molecule has 2 N–H and O–H groups in total. The van der Waals surface area contributed by atoms with Crippen molar-refractivity contribution in [2.24, 2.45) is 5.73 Å². The van der Waals surface area contributed by atoms with Crippen LogP contribution >= 0.6 is 0 Å². The SMILES string of the molecule is CCCC(N)Cc1ccc(C(C)C)cc1. The Bertz CT molecular complexity index is 274. The Kier molecular flexibility index (Phi) is 4.83. The molecule has 1 aromatic carbocycles. The first-order valence-electron chi connectivity index (χ1n) is 5.98. The van der Waals surface area contributed by atoms with E-state index in [9.17, 15) is 0 Å². The summed E-state index contributed by atoms with van der Waals surface area (Å²) in [5.41, 5.74) is 8.78. The number of hydrogen-bond donors (Lipinski definition) is 1. The van der Waals surface area contributed by atoms with Crippen LogP contribution in [-0.4, -0.2) is 6.04 Å². The fourth-order valence-electron chi connectivity index (χ4n) is 1.81. The number of rotatable bonds is 5. The van der Waals surface area contributed by atoms with Gasteiger partial charge in [0.2, 0.25) is 0 Å². The Morgan fingerprint density at radius 2 is 1.73 bits per heavy atom. The highest BCUT2D eigenvalue weighted by Gasteiger charge is 2.03. The minimum absolute atomic E-state index is 0.319. The van der Waals surface area contributed by atoms with Gasteiger partial charge in [-0.05, 0) is 29.9 Å². The highest BCUT2D eigenvalue weighted by Crippen LogP contribution is 2.15. The van der Waals surface area contributed by atoms with Gasteiger partial charge in [-0.3, -0.25) is 0 Å². The smallest absolute Gasteiger partial charge is 0.00792 e. The fraction of sp³-hybridized carbons (Fsp3) is 0.571. The van der Waals surface area contributed by atoms with Gasteiger partial charge in [0.1, 0.15) is 0 Å². The zero-order valence-electron chi connectivity index (χ0n) is 10.2. The third kappa shape index (κ3) is 4.05. The van der Waals surface area contributed by atoms with E-state index >= 15 is 0 Å². The summed E-state index contributed by atoms with van der Waals surface area (Å²) >= 11 is 0. The van der Waals surface area contributed by atoms with E-state index in [2.05, 4.69) is 45.0 Å². The lowest BCUT2D eigenvalue weighted by Crippen LogP contribution is -2.22. The zero-order chi connectivity index (χ0) is 11.3. The lowest BCUT2D eigenvalue weighted by molar-refractivity contribution is 0.600. The number of nitrogens with two attached hydrogens (primary N) is 1. The summed E-state index contributed by atoms with van der Waals surface area (Å²) in [6.45, 7) is 6.62. The molecule has 0 saturated heterocycles. The minimum atomic E-state index is 0.319. The van der Waals surface area contributed by atoms with Crippen LogP contribution in [0.25, 0.3) is 0 Å². The van der Waals surface area contributed by atoms with Crippen molar-refractivity contribution in [3.05, 3.63) is 35.4 Å². The zero-order valence-corrected chi connectivity index (χ0v) is 10.2. The topological polar surface area (TPSA) is 26.0 Å². The summed E-state index contributed by atoms with van der Waals surface area (Å²) in [7, 11) is 0. The molecule has 0 bridgehead atoms. The summed E-state index contributed by atoms with van der Waals surface area (Å²) in [6, 6.07) is 9.19. The Morgan fingerprint density at radius 1 is 1.13 bits per heavy atom. The molecule has 1 atom stereocenters. The summed E-state index contributed by atoms with van der Waals surface area (Å²) in [4.78, 5) is 0. The monoisotopic (exact) mass is 205 g/mol. The average molecular weight is 205 g/mol. The molecule has 1 unspecified atom stereocenters. The van der Waals surface area contributed by atoms with Crippen molar-refractivity contribution in [3.63, 3.8) is 0 Å². The van der Waals surface area contributed by atoms with Gasteiger partial charge in [-0.2, -0.15) is 0 Å². The second-order valence-corrected chi connectivity index (χ2v) is 4.65. The van der Waals surface area contributed by atoms with Crippen LogP contribution in [0.15, 0.2) is 24.3 Å². The van der Waals surface area contributed by atoms with Crippen LogP contribution in [-0.2, 0) is 6.42 Å². The second kappa shape index (κ2) is 5.92. The minimum Gasteiger partial charge on any atom is -0.327 e. The van der Waals surface area contributed by atoms with Gasteiger partial charge in [0, 0.05) is 6.04 Å². The molecule has 0 heterocycles. The maximum atomic E-state index is 6.01. The molecule has 0 amide bonds. The van der Waals surface area contributed by atoms with E-state index in [1.807, 2.05) is 0 Å². The number of benzene rings is 1. The number of hydrogen-bond acceptors (Lipinski definition) is 1. The predicted octanol–water partition coefficient (Wildman–Crippen LogP) is 3.48. The maximum Gasteiger partial charge on any atom is 0.00792 e. The van der Waals surface area contributed by atoms with Crippen LogP contribution in [0.4, 0.5) is 0 Å². The van der Waals surface area contributed by atoms with Crippen LogP contribution in [0.5, 0.6) is 0 Å². The van der Waals surface area contributed by atoms with Gasteiger partial charge < -0.3 is 5.73 Å². The van der Waals surface area contributed by atoms with E-state index in [-0.39, 0.29) is 0 Å². The summed E-state index contributed by atoms with van der Waals surface area (Å²) < 4.78 is 0. The molecule has 0 fully saturated rings. The largest absolute Gasteiger partial charge is 0.327 e. The lowest BCUT2D eigenvalue weighted by Gasteiger charge is -2.11. The van der Waals surface area contributed by atoms with Crippen molar-refractivity contribution in [3.8, 4) is 0 Å². The van der Waals surface area contributed by atoms with Gasteiger partial charge in [0.05, 0.1) is 0 Å². The van der Waals surface area contributed by atoms with E-state index in [4.69, 9.17) is 5.73 Å². The molecule has 0 saturated carbocycles.